The van der Waals surface area contributed by atoms with Crippen molar-refractivity contribution in [2.45, 2.75) is 64.3 Å². The van der Waals surface area contributed by atoms with Gasteiger partial charge in [0.05, 0.1) is 12.2 Å². The van der Waals surface area contributed by atoms with Crippen LogP contribution in [0.5, 0.6) is 0 Å². The van der Waals surface area contributed by atoms with E-state index in [-0.39, 0.29) is 5.82 Å². The number of benzene rings is 1. The lowest BCUT2D eigenvalue weighted by atomic mass is 9.95. The van der Waals surface area contributed by atoms with Gasteiger partial charge in [0.2, 0.25) is 6.41 Å². The van der Waals surface area contributed by atoms with Crippen LogP contribution < -0.4 is 9.80 Å². The van der Waals surface area contributed by atoms with E-state index in [4.69, 9.17) is 0 Å². The molecular weight excluding hydrogens is 409 g/mol. The number of carbonyl (C=O) groups excluding carboxylic acids is 2. The summed E-state index contributed by atoms with van der Waals surface area (Å²) >= 11 is 0. The molecule has 1 unspecified atom stereocenters. The maximum absolute atomic E-state index is 14.5. The lowest BCUT2D eigenvalue weighted by Crippen LogP contribution is -2.35. The second kappa shape index (κ2) is 14.0. The monoisotopic (exact) mass is 449 g/mol. The van der Waals surface area contributed by atoms with Crippen LogP contribution in [0.25, 0.3) is 0 Å². The van der Waals surface area contributed by atoms with Gasteiger partial charge in [-0.1, -0.05) is 32.6 Å². The van der Waals surface area contributed by atoms with E-state index in [2.05, 4.69) is 16.6 Å². The van der Waals surface area contributed by atoms with Crippen molar-refractivity contribution < 1.29 is 18.7 Å². The molecule has 1 saturated carbocycles. The minimum absolute atomic E-state index is 0.183. The molecule has 32 heavy (non-hydrogen) atoms. The van der Waals surface area contributed by atoms with Gasteiger partial charge in [-0.15, -0.1) is 0 Å². The molecule has 1 saturated heterocycles. The van der Waals surface area contributed by atoms with Crippen molar-refractivity contribution in [1.29, 1.82) is 0 Å². The number of nitrogens with zero attached hydrogens (tertiary/aromatic N) is 3. The highest BCUT2D eigenvalue weighted by molar-refractivity contribution is 5.57. The van der Waals surface area contributed by atoms with Crippen molar-refractivity contribution in [2.24, 2.45) is 5.92 Å². The van der Waals surface area contributed by atoms with E-state index in [0.717, 1.165) is 38.0 Å². The Kier molecular flexibility index (Phi) is 11.3. The van der Waals surface area contributed by atoms with Gasteiger partial charge in [0.15, 0.2) is 0 Å². The number of piperidine rings is 1. The molecule has 0 N–H and O–H groups in total. The number of hydrogen-bond acceptors (Lipinski definition) is 5. The molecule has 7 heteroatoms. The highest BCUT2D eigenvalue weighted by Gasteiger charge is 2.21. The van der Waals surface area contributed by atoms with Crippen LogP contribution in [0, 0.1) is 11.7 Å². The average molecular weight is 450 g/mol. The fourth-order valence-electron chi connectivity index (χ4n) is 4.55. The number of likely N-dealkylation sites (N-methyl/N-ethyl adjacent to an activating group) is 1. The van der Waals surface area contributed by atoms with Gasteiger partial charge in [-0.25, -0.2) is 4.39 Å². The van der Waals surface area contributed by atoms with Crippen molar-refractivity contribution in [1.82, 2.24) is 4.90 Å². The van der Waals surface area contributed by atoms with Gasteiger partial charge in [0.25, 0.3) is 6.47 Å². The Hall–Kier alpha value is -2.31. The third-order valence-electron chi connectivity index (χ3n) is 6.74. The number of hydrogen-bond donors (Lipinski definition) is 0. The second-order valence-electron chi connectivity index (χ2n) is 8.95. The number of carbonyl (C=O) groups is 2. The number of ether oxygens (including phenoxy) is 1. The van der Waals surface area contributed by atoms with Crippen molar-refractivity contribution in [3.05, 3.63) is 24.0 Å². The Balaban J connectivity index is 0.000000303. The average Bonchev–Trinajstić information content (AvgIpc) is 2.84. The Morgan fingerprint density at radius 3 is 2.50 bits per heavy atom. The SMILES string of the molecule is CCC1CCCN(c2ccc(N(C)CCOC=O)cc2F)C1.CN(C=O)C1CCCCC1. The quantitative estimate of drug-likeness (QED) is 0.411. The first-order chi connectivity index (χ1) is 15.5. The Labute approximate surface area is 192 Å². The molecule has 3 rings (SSSR count). The molecule has 0 spiro atoms. The van der Waals surface area contributed by atoms with Gasteiger partial charge in [0.1, 0.15) is 12.4 Å². The first-order valence-electron chi connectivity index (χ1n) is 12.0. The smallest absolute Gasteiger partial charge is 0.293 e. The largest absolute Gasteiger partial charge is 0.466 e. The molecular formula is C25H40FN3O3. The van der Waals surface area contributed by atoms with Crippen molar-refractivity contribution in [3.63, 3.8) is 0 Å². The molecule has 2 fully saturated rings. The first-order valence-corrected chi connectivity index (χ1v) is 12.0. The molecule has 1 aromatic carbocycles. The fraction of sp³-hybridized carbons (Fsp3) is 0.680. The number of anilines is 2. The molecule has 0 bridgehead atoms. The zero-order valence-corrected chi connectivity index (χ0v) is 20.0. The van der Waals surface area contributed by atoms with Crippen LogP contribution in [-0.4, -0.2) is 64.2 Å². The Morgan fingerprint density at radius 2 is 1.88 bits per heavy atom. The summed E-state index contributed by atoms with van der Waals surface area (Å²) in [6.07, 6.45) is 10.8. The van der Waals surface area contributed by atoms with Gasteiger partial charge < -0.3 is 19.4 Å². The van der Waals surface area contributed by atoms with Gasteiger partial charge in [-0.05, 0) is 49.8 Å². The first kappa shape index (κ1) is 25.9. The van der Waals surface area contributed by atoms with Crippen LogP contribution in [-0.2, 0) is 14.3 Å². The summed E-state index contributed by atoms with van der Waals surface area (Å²) in [5.74, 6) is 0.480. The van der Waals surface area contributed by atoms with E-state index < -0.39 is 0 Å². The highest BCUT2D eigenvalue weighted by atomic mass is 19.1. The summed E-state index contributed by atoms with van der Waals surface area (Å²) in [7, 11) is 3.74. The van der Waals surface area contributed by atoms with Crippen LogP contribution in [0.15, 0.2) is 18.2 Å². The van der Waals surface area contributed by atoms with Gasteiger partial charge >= 0.3 is 0 Å². The van der Waals surface area contributed by atoms with Crippen molar-refractivity contribution in [2.75, 3.05) is 50.1 Å². The lowest BCUT2D eigenvalue weighted by molar-refractivity contribution is -0.128. The minimum atomic E-state index is -0.183. The van der Waals surface area contributed by atoms with E-state index in [1.165, 1.54) is 38.5 Å². The van der Waals surface area contributed by atoms with Crippen LogP contribution in [0.4, 0.5) is 15.8 Å². The van der Waals surface area contributed by atoms with E-state index in [1.807, 2.05) is 31.1 Å². The normalized spacial score (nSPS) is 18.9. The molecule has 1 aromatic rings. The molecule has 0 radical (unpaired) electrons. The summed E-state index contributed by atoms with van der Waals surface area (Å²) < 4.78 is 19.1. The molecule has 2 aliphatic rings. The summed E-state index contributed by atoms with van der Waals surface area (Å²) in [5.41, 5.74) is 1.49. The van der Waals surface area contributed by atoms with Gasteiger partial charge in [-0.3, -0.25) is 9.59 Å². The topological polar surface area (TPSA) is 53.1 Å². The predicted molar refractivity (Wildman–Crippen MR) is 128 cm³/mol. The molecule has 1 heterocycles. The van der Waals surface area contributed by atoms with E-state index in [9.17, 15) is 14.0 Å². The fourth-order valence-corrected chi connectivity index (χ4v) is 4.55. The molecule has 1 aliphatic carbocycles. The number of halogens is 1. The summed E-state index contributed by atoms with van der Waals surface area (Å²) in [6, 6.07) is 5.88. The lowest BCUT2D eigenvalue weighted by Gasteiger charge is -2.34. The summed E-state index contributed by atoms with van der Waals surface area (Å²) in [4.78, 5) is 26.3. The molecule has 1 amide bonds. The van der Waals surface area contributed by atoms with Crippen molar-refractivity contribution in [3.8, 4) is 0 Å². The van der Waals surface area contributed by atoms with Crippen LogP contribution in [0.3, 0.4) is 0 Å². The molecule has 180 valence electrons. The standard InChI is InChI=1S/C17H25FN2O2.C8H15NO/c1-3-14-5-4-8-20(12-14)17-7-6-15(11-16(17)18)19(2)9-10-22-13-21;1-9(7-10)8-5-3-2-4-6-8/h6-7,11,13-14H,3-5,8-10,12H2,1-2H3;7-8H,2-6H2,1H3. The predicted octanol–water partition coefficient (Wildman–Crippen LogP) is 4.47. The van der Waals surface area contributed by atoms with Crippen LogP contribution >= 0.6 is 0 Å². The number of amides is 1. The molecule has 0 aromatic heterocycles. The summed E-state index contributed by atoms with van der Waals surface area (Å²) in [5, 5.41) is 0. The molecule has 6 nitrogen and oxygen atoms in total. The van der Waals surface area contributed by atoms with Crippen LogP contribution in [0.1, 0.15) is 58.3 Å². The minimum Gasteiger partial charge on any atom is -0.466 e. The third kappa shape index (κ3) is 7.99. The third-order valence-corrected chi connectivity index (χ3v) is 6.74. The van der Waals surface area contributed by atoms with E-state index >= 15 is 0 Å². The van der Waals surface area contributed by atoms with Crippen LogP contribution in [0.2, 0.25) is 0 Å². The van der Waals surface area contributed by atoms with Gasteiger partial charge in [-0.2, -0.15) is 0 Å². The summed E-state index contributed by atoms with van der Waals surface area (Å²) in [6.45, 7) is 5.33. The maximum atomic E-state index is 14.5. The number of rotatable bonds is 9. The Morgan fingerprint density at radius 1 is 1.12 bits per heavy atom. The second-order valence-corrected chi connectivity index (χ2v) is 8.95. The van der Waals surface area contributed by atoms with Gasteiger partial charge in [0, 0.05) is 38.9 Å². The van der Waals surface area contributed by atoms with Crippen molar-refractivity contribution >= 4 is 24.3 Å². The van der Waals surface area contributed by atoms with E-state index in [0.29, 0.717) is 37.3 Å². The zero-order chi connectivity index (χ0) is 23.3. The maximum Gasteiger partial charge on any atom is 0.293 e. The molecule has 1 atom stereocenters. The molecule has 1 aliphatic heterocycles. The highest BCUT2D eigenvalue weighted by Crippen LogP contribution is 2.29. The Bertz CT molecular complexity index is 697. The van der Waals surface area contributed by atoms with E-state index in [1.54, 1.807) is 11.0 Å². The zero-order valence-electron chi connectivity index (χ0n) is 20.0.